The van der Waals surface area contributed by atoms with Crippen LogP contribution in [0.5, 0.6) is 0 Å². The molecule has 2 aromatic carbocycles. The summed E-state index contributed by atoms with van der Waals surface area (Å²) in [6.45, 7) is 1.99. The minimum absolute atomic E-state index is 0.00704. The second-order valence-electron chi connectivity index (χ2n) is 8.26. The average molecular weight is 376 g/mol. The first-order valence-corrected chi connectivity index (χ1v) is 9.53. The highest BCUT2D eigenvalue weighted by Gasteiger charge is 2.70. The van der Waals surface area contributed by atoms with Crippen LogP contribution in [0.25, 0.3) is 10.9 Å². The van der Waals surface area contributed by atoms with Crippen LogP contribution < -0.4 is 10.6 Å². The Kier molecular flexibility index (Phi) is 3.66. The first-order valence-electron chi connectivity index (χ1n) is 9.53. The molecule has 3 aliphatic rings. The molecule has 1 heterocycles. The fraction of sp³-hybridized carbons (Fsp3) is 0.318. The highest BCUT2D eigenvalue weighted by Crippen LogP contribution is 2.71. The van der Waals surface area contributed by atoms with Crippen LogP contribution in [-0.4, -0.2) is 21.4 Å². The molecular weight excluding hydrogens is 355 g/mol. The van der Waals surface area contributed by atoms with Gasteiger partial charge in [-0.25, -0.2) is 14.4 Å². The van der Waals surface area contributed by atoms with E-state index in [2.05, 4.69) is 20.6 Å². The van der Waals surface area contributed by atoms with Gasteiger partial charge in [-0.1, -0.05) is 19.1 Å². The molecule has 0 radical (unpaired) electrons. The molecule has 1 amide bonds. The minimum atomic E-state index is -0.310. The monoisotopic (exact) mass is 376 g/mol. The Labute approximate surface area is 162 Å². The quantitative estimate of drug-likeness (QED) is 0.694. The van der Waals surface area contributed by atoms with E-state index >= 15 is 0 Å². The minimum Gasteiger partial charge on any atom is -0.364 e. The van der Waals surface area contributed by atoms with Crippen molar-refractivity contribution < 1.29 is 9.18 Å². The van der Waals surface area contributed by atoms with Crippen LogP contribution in [0.15, 0.2) is 54.9 Å². The van der Waals surface area contributed by atoms with Crippen molar-refractivity contribution in [2.75, 3.05) is 10.6 Å². The maximum atomic E-state index is 13.0. The van der Waals surface area contributed by atoms with Gasteiger partial charge in [-0.2, -0.15) is 0 Å². The zero-order chi connectivity index (χ0) is 19.4. The molecular formula is C22H21FN4O. The Morgan fingerprint density at radius 1 is 1.07 bits per heavy atom. The number of fused-ring (bicyclic) bond motifs is 1. The van der Waals surface area contributed by atoms with E-state index in [1.807, 2.05) is 31.2 Å². The lowest BCUT2D eigenvalue weighted by Crippen LogP contribution is -2.74. The smallest absolute Gasteiger partial charge is 0.227 e. The molecule has 3 saturated carbocycles. The van der Waals surface area contributed by atoms with E-state index in [1.165, 1.54) is 12.1 Å². The summed E-state index contributed by atoms with van der Waals surface area (Å²) in [6.07, 6.45) is 4.45. The Morgan fingerprint density at radius 2 is 1.79 bits per heavy atom. The lowest BCUT2D eigenvalue weighted by atomic mass is 9.36. The molecule has 0 spiro atoms. The van der Waals surface area contributed by atoms with E-state index < -0.39 is 0 Å². The lowest BCUT2D eigenvalue weighted by molar-refractivity contribution is -0.166. The summed E-state index contributed by atoms with van der Waals surface area (Å²) in [6, 6.07) is 13.8. The zero-order valence-electron chi connectivity index (χ0n) is 15.6. The number of aromatic nitrogens is 2. The summed E-state index contributed by atoms with van der Waals surface area (Å²) >= 11 is 0. The van der Waals surface area contributed by atoms with Gasteiger partial charge in [-0.15, -0.1) is 0 Å². The van der Waals surface area contributed by atoms with Crippen molar-refractivity contribution in [2.24, 2.45) is 11.3 Å². The molecule has 142 valence electrons. The number of nitrogens with zero attached hydrogens (tertiary/aromatic N) is 2. The first kappa shape index (κ1) is 17.1. The highest BCUT2D eigenvalue weighted by atomic mass is 19.1. The third kappa shape index (κ3) is 2.63. The fourth-order valence-electron chi connectivity index (χ4n) is 4.88. The van der Waals surface area contributed by atoms with E-state index in [9.17, 15) is 9.18 Å². The SMILES string of the molecule is CC(C(=O)Nc1ccc(F)cc1)C12CC(Nc3ncnc4ccccc34)(C1)C2. The Bertz CT molecular complexity index is 1040. The number of hydrogen-bond donors (Lipinski definition) is 2. The third-order valence-electron chi connectivity index (χ3n) is 6.42. The van der Waals surface area contributed by atoms with Crippen molar-refractivity contribution in [1.29, 1.82) is 0 Å². The Morgan fingerprint density at radius 3 is 2.54 bits per heavy atom. The van der Waals surface area contributed by atoms with Gasteiger partial charge in [0, 0.05) is 22.5 Å². The zero-order valence-corrected chi connectivity index (χ0v) is 15.6. The molecule has 6 heteroatoms. The molecule has 6 rings (SSSR count). The normalized spacial score (nSPS) is 26.1. The van der Waals surface area contributed by atoms with Gasteiger partial charge in [-0.05, 0) is 61.1 Å². The number of hydrogen-bond acceptors (Lipinski definition) is 4. The number of benzene rings is 2. The van der Waals surface area contributed by atoms with Crippen LogP contribution in [0.2, 0.25) is 0 Å². The number of nitrogens with one attached hydrogen (secondary N) is 2. The third-order valence-corrected chi connectivity index (χ3v) is 6.42. The number of para-hydroxylation sites is 1. The predicted molar refractivity (Wildman–Crippen MR) is 106 cm³/mol. The van der Waals surface area contributed by atoms with Crippen LogP contribution in [0.4, 0.5) is 15.9 Å². The van der Waals surface area contributed by atoms with Gasteiger partial charge in [0.05, 0.1) is 5.52 Å². The summed E-state index contributed by atoms with van der Waals surface area (Å²) in [7, 11) is 0. The summed E-state index contributed by atoms with van der Waals surface area (Å²) in [5.74, 6) is 0.453. The van der Waals surface area contributed by atoms with Crippen molar-refractivity contribution in [1.82, 2.24) is 9.97 Å². The molecule has 1 aromatic heterocycles. The van der Waals surface area contributed by atoms with Gasteiger partial charge in [0.1, 0.15) is 18.0 Å². The van der Waals surface area contributed by atoms with Crippen molar-refractivity contribution >= 4 is 28.3 Å². The topological polar surface area (TPSA) is 66.9 Å². The summed E-state index contributed by atoms with van der Waals surface area (Å²) in [5.41, 5.74) is 1.63. The van der Waals surface area contributed by atoms with E-state index in [0.717, 1.165) is 36.0 Å². The highest BCUT2D eigenvalue weighted by molar-refractivity contribution is 5.93. The maximum Gasteiger partial charge on any atom is 0.227 e. The van der Waals surface area contributed by atoms with Gasteiger partial charge in [0.25, 0.3) is 0 Å². The Balaban J connectivity index is 1.25. The fourth-order valence-corrected chi connectivity index (χ4v) is 4.88. The standard InChI is InChI=1S/C22H21FN4O/c1-14(20(28)26-16-8-6-15(23)7-9-16)21-10-22(11-21,12-21)27-19-17-4-2-3-5-18(17)24-13-25-19/h2-9,13-14H,10-12H2,1H3,(H,26,28)(H,24,25,27). The number of carbonyl (C=O) groups excluding carboxylic acids is 1. The molecule has 0 saturated heterocycles. The van der Waals surface area contributed by atoms with E-state index in [0.29, 0.717) is 5.69 Å². The maximum absolute atomic E-state index is 13.0. The van der Waals surface area contributed by atoms with Gasteiger partial charge >= 0.3 is 0 Å². The molecule has 2 N–H and O–H groups in total. The van der Waals surface area contributed by atoms with Crippen molar-refractivity contribution in [3.63, 3.8) is 0 Å². The molecule has 3 aromatic rings. The largest absolute Gasteiger partial charge is 0.364 e. The number of rotatable bonds is 5. The summed E-state index contributed by atoms with van der Waals surface area (Å²) < 4.78 is 13.0. The molecule has 5 nitrogen and oxygen atoms in total. The van der Waals surface area contributed by atoms with Crippen LogP contribution in [0.3, 0.4) is 0 Å². The van der Waals surface area contributed by atoms with E-state index in [1.54, 1.807) is 18.5 Å². The number of carbonyl (C=O) groups is 1. The number of halogens is 1. The van der Waals surface area contributed by atoms with Crippen LogP contribution in [0, 0.1) is 17.2 Å². The number of amides is 1. The van der Waals surface area contributed by atoms with Crippen molar-refractivity contribution in [3.8, 4) is 0 Å². The van der Waals surface area contributed by atoms with Gasteiger partial charge < -0.3 is 10.6 Å². The second-order valence-corrected chi connectivity index (χ2v) is 8.26. The van der Waals surface area contributed by atoms with E-state index in [4.69, 9.17) is 0 Å². The summed E-state index contributed by atoms with van der Waals surface area (Å²) in [4.78, 5) is 21.4. The van der Waals surface area contributed by atoms with Gasteiger partial charge in [0.15, 0.2) is 0 Å². The van der Waals surface area contributed by atoms with Crippen molar-refractivity contribution in [2.45, 2.75) is 31.7 Å². The molecule has 0 aliphatic heterocycles. The molecule has 1 unspecified atom stereocenters. The molecule has 1 atom stereocenters. The molecule has 2 bridgehead atoms. The van der Waals surface area contributed by atoms with Crippen LogP contribution in [-0.2, 0) is 4.79 Å². The second kappa shape index (κ2) is 5.99. The molecule has 28 heavy (non-hydrogen) atoms. The van der Waals surface area contributed by atoms with Gasteiger partial charge in [-0.3, -0.25) is 4.79 Å². The predicted octanol–water partition coefficient (Wildman–Crippen LogP) is 4.38. The lowest BCUT2D eigenvalue weighted by Gasteiger charge is -2.72. The molecule has 3 fully saturated rings. The van der Waals surface area contributed by atoms with Crippen LogP contribution in [0.1, 0.15) is 26.2 Å². The number of anilines is 2. The van der Waals surface area contributed by atoms with Crippen molar-refractivity contribution in [3.05, 3.63) is 60.7 Å². The molecule has 3 aliphatic carbocycles. The van der Waals surface area contributed by atoms with E-state index in [-0.39, 0.29) is 28.6 Å². The first-order chi connectivity index (χ1) is 13.5. The average Bonchev–Trinajstić information content (AvgIpc) is 2.65. The summed E-state index contributed by atoms with van der Waals surface area (Å²) in [5, 5.41) is 7.54. The van der Waals surface area contributed by atoms with Crippen LogP contribution >= 0.6 is 0 Å². The van der Waals surface area contributed by atoms with Gasteiger partial charge in [0.2, 0.25) is 5.91 Å². The Hall–Kier alpha value is -3.02.